The predicted octanol–water partition coefficient (Wildman–Crippen LogP) is 3.19. The molecule has 1 N–H and O–H groups in total. The zero-order chi connectivity index (χ0) is 12.3. The van der Waals surface area contributed by atoms with Crippen LogP contribution in [0.15, 0.2) is 36.7 Å². The van der Waals surface area contributed by atoms with E-state index >= 15 is 0 Å². The van der Waals surface area contributed by atoms with Crippen molar-refractivity contribution in [3.05, 3.63) is 42.2 Å². The van der Waals surface area contributed by atoms with Gasteiger partial charge in [-0.3, -0.25) is 4.98 Å². The van der Waals surface area contributed by atoms with Crippen molar-refractivity contribution in [2.75, 3.05) is 13.6 Å². The number of benzene rings is 1. The highest BCUT2D eigenvalue weighted by Crippen LogP contribution is 2.29. The number of nitrogens with zero attached hydrogens (tertiary/aromatic N) is 1. The van der Waals surface area contributed by atoms with Gasteiger partial charge in [0.15, 0.2) is 0 Å². The van der Waals surface area contributed by atoms with Crippen molar-refractivity contribution in [2.45, 2.75) is 19.8 Å². The first-order valence-electron chi connectivity index (χ1n) is 6.21. The Morgan fingerprint density at radius 3 is 2.82 bits per heavy atom. The minimum atomic E-state index is 0.537. The maximum Gasteiger partial charge on any atom is 0.0349 e. The van der Waals surface area contributed by atoms with E-state index in [-0.39, 0.29) is 0 Å². The minimum Gasteiger partial charge on any atom is -0.319 e. The Balaban J connectivity index is 2.41. The lowest BCUT2D eigenvalue weighted by molar-refractivity contribution is 0.468. The SMILES string of the molecule is CNCC(C)C(C)c1cccc2ccncc12. The molecule has 0 radical (unpaired) electrons. The van der Waals surface area contributed by atoms with Gasteiger partial charge in [-0.05, 0) is 42.4 Å². The van der Waals surface area contributed by atoms with Gasteiger partial charge in [0.25, 0.3) is 0 Å². The lowest BCUT2D eigenvalue weighted by Crippen LogP contribution is -2.20. The summed E-state index contributed by atoms with van der Waals surface area (Å²) in [6.07, 6.45) is 3.83. The number of hydrogen-bond acceptors (Lipinski definition) is 2. The van der Waals surface area contributed by atoms with Crippen molar-refractivity contribution >= 4 is 10.8 Å². The van der Waals surface area contributed by atoms with Crippen LogP contribution in [0.25, 0.3) is 10.8 Å². The van der Waals surface area contributed by atoms with Gasteiger partial charge in [0, 0.05) is 17.8 Å². The normalized spacial score (nSPS) is 14.8. The molecule has 2 atom stereocenters. The first-order chi connectivity index (χ1) is 8.24. The Kier molecular flexibility index (Phi) is 3.75. The molecule has 0 bridgehead atoms. The van der Waals surface area contributed by atoms with E-state index in [1.165, 1.54) is 16.3 Å². The summed E-state index contributed by atoms with van der Waals surface area (Å²) in [5.41, 5.74) is 1.40. The van der Waals surface area contributed by atoms with Crippen molar-refractivity contribution in [1.29, 1.82) is 0 Å². The van der Waals surface area contributed by atoms with Crippen molar-refractivity contribution in [3.8, 4) is 0 Å². The van der Waals surface area contributed by atoms with Crippen LogP contribution in [0.3, 0.4) is 0 Å². The van der Waals surface area contributed by atoms with Crippen LogP contribution in [0.2, 0.25) is 0 Å². The summed E-state index contributed by atoms with van der Waals surface area (Å²) in [5, 5.41) is 5.81. The van der Waals surface area contributed by atoms with E-state index in [4.69, 9.17) is 0 Å². The van der Waals surface area contributed by atoms with Crippen molar-refractivity contribution in [3.63, 3.8) is 0 Å². The van der Waals surface area contributed by atoms with E-state index in [1.807, 2.05) is 19.4 Å². The standard InChI is InChI=1S/C15H20N2/c1-11(9-16-3)12(2)14-6-4-5-13-7-8-17-10-15(13)14/h4-8,10-12,16H,9H2,1-3H3. The van der Waals surface area contributed by atoms with Crippen LogP contribution in [0, 0.1) is 5.92 Å². The first-order valence-corrected chi connectivity index (χ1v) is 6.21. The van der Waals surface area contributed by atoms with Gasteiger partial charge in [0.1, 0.15) is 0 Å². The van der Waals surface area contributed by atoms with Gasteiger partial charge in [-0.15, -0.1) is 0 Å². The molecule has 1 aromatic heterocycles. The third-order valence-electron chi connectivity index (χ3n) is 3.59. The van der Waals surface area contributed by atoms with E-state index in [0.29, 0.717) is 11.8 Å². The van der Waals surface area contributed by atoms with Crippen LogP contribution in [-0.4, -0.2) is 18.6 Å². The number of aromatic nitrogens is 1. The highest BCUT2D eigenvalue weighted by molar-refractivity contribution is 5.85. The Bertz CT molecular complexity index is 488. The van der Waals surface area contributed by atoms with Gasteiger partial charge in [-0.2, -0.15) is 0 Å². The molecule has 17 heavy (non-hydrogen) atoms. The van der Waals surface area contributed by atoms with Gasteiger partial charge >= 0.3 is 0 Å². The second kappa shape index (κ2) is 5.28. The topological polar surface area (TPSA) is 24.9 Å². The average molecular weight is 228 g/mol. The predicted molar refractivity (Wildman–Crippen MR) is 73.2 cm³/mol. The summed E-state index contributed by atoms with van der Waals surface area (Å²) in [6, 6.07) is 8.59. The van der Waals surface area contributed by atoms with Gasteiger partial charge in [0.2, 0.25) is 0 Å². The fraction of sp³-hybridized carbons (Fsp3) is 0.400. The quantitative estimate of drug-likeness (QED) is 0.869. The lowest BCUT2D eigenvalue weighted by atomic mass is 9.86. The van der Waals surface area contributed by atoms with E-state index < -0.39 is 0 Å². The van der Waals surface area contributed by atoms with Crippen molar-refractivity contribution in [2.24, 2.45) is 5.92 Å². The number of fused-ring (bicyclic) bond motifs is 1. The first kappa shape index (κ1) is 12.1. The van der Waals surface area contributed by atoms with Crippen LogP contribution >= 0.6 is 0 Å². The molecule has 2 heteroatoms. The van der Waals surface area contributed by atoms with Gasteiger partial charge in [0.05, 0.1) is 0 Å². The molecule has 1 heterocycles. The van der Waals surface area contributed by atoms with E-state index in [1.54, 1.807) is 0 Å². The lowest BCUT2D eigenvalue weighted by Gasteiger charge is -2.21. The molecule has 1 aromatic carbocycles. The number of hydrogen-bond donors (Lipinski definition) is 1. The molecule has 0 saturated heterocycles. The Hall–Kier alpha value is -1.41. The summed E-state index contributed by atoms with van der Waals surface area (Å²) in [4.78, 5) is 4.25. The summed E-state index contributed by atoms with van der Waals surface area (Å²) in [7, 11) is 2.01. The molecule has 0 amide bonds. The summed E-state index contributed by atoms with van der Waals surface area (Å²) < 4.78 is 0. The smallest absolute Gasteiger partial charge is 0.0349 e. The van der Waals surface area contributed by atoms with E-state index in [2.05, 4.69) is 48.4 Å². The molecule has 0 aliphatic rings. The van der Waals surface area contributed by atoms with Gasteiger partial charge in [-0.1, -0.05) is 32.0 Å². The molecule has 2 nitrogen and oxygen atoms in total. The summed E-state index contributed by atoms with van der Waals surface area (Å²) >= 11 is 0. The Morgan fingerprint density at radius 2 is 2.06 bits per heavy atom. The average Bonchev–Trinajstić information content (AvgIpc) is 2.37. The fourth-order valence-corrected chi connectivity index (χ4v) is 2.34. The molecule has 2 aromatic rings. The minimum absolute atomic E-state index is 0.537. The third-order valence-corrected chi connectivity index (χ3v) is 3.59. The van der Waals surface area contributed by atoms with Crippen LogP contribution in [-0.2, 0) is 0 Å². The highest BCUT2D eigenvalue weighted by Gasteiger charge is 2.15. The van der Waals surface area contributed by atoms with Crippen LogP contribution in [0.5, 0.6) is 0 Å². The Labute approximate surface area is 103 Å². The molecule has 2 rings (SSSR count). The van der Waals surface area contributed by atoms with Crippen LogP contribution in [0.4, 0.5) is 0 Å². The summed E-state index contributed by atoms with van der Waals surface area (Å²) in [6.45, 7) is 5.62. The monoisotopic (exact) mass is 228 g/mol. The maximum atomic E-state index is 4.25. The van der Waals surface area contributed by atoms with E-state index in [9.17, 15) is 0 Å². The van der Waals surface area contributed by atoms with Crippen LogP contribution < -0.4 is 5.32 Å². The zero-order valence-electron chi connectivity index (χ0n) is 10.8. The number of pyridine rings is 1. The zero-order valence-corrected chi connectivity index (χ0v) is 10.8. The fourth-order valence-electron chi connectivity index (χ4n) is 2.34. The summed E-state index contributed by atoms with van der Waals surface area (Å²) in [5.74, 6) is 1.15. The van der Waals surface area contributed by atoms with Crippen molar-refractivity contribution in [1.82, 2.24) is 10.3 Å². The second-order valence-electron chi connectivity index (χ2n) is 4.77. The molecule has 2 unspecified atom stereocenters. The molecule has 0 spiro atoms. The highest BCUT2D eigenvalue weighted by atomic mass is 14.8. The third kappa shape index (κ3) is 2.47. The molecular weight excluding hydrogens is 208 g/mol. The molecule has 0 aliphatic carbocycles. The molecular formula is C15H20N2. The molecule has 90 valence electrons. The van der Waals surface area contributed by atoms with Gasteiger partial charge < -0.3 is 5.32 Å². The van der Waals surface area contributed by atoms with E-state index in [0.717, 1.165) is 6.54 Å². The maximum absolute atomic E-state index is 4.25. The van der Waals surface area contributed by atoms with Gasteiger partial charge in [-0.25, -0.2) is 0 Å². The number of rotatable bonds is 4. The number of nitrogens with one attached hydrogen (secondary N) is 1. The molecule has 0 aliphatic heterocycles. The van der Waals surface area contributed by atoms with Crippen molar-refractivity contribution < 1.29 is 0 Å². The largest absolute Gasteiger partial charge is 0.319 e. The molecule has 0 fully saturated rings. The van der Waals surface area contributed by atoms with Crippen LogP contribution in [0.1, 0.15) is 25.3 Å². The molecule has 0 saturated carbocycles. The Morgan fingerprint density at radius 1 is 1.24 bits per heavy atom. The second-order valence-corrected chi connectivity index (χ2v) is 4.77.